The zero-order valence-corrected chi connectivity index (χ0v) is 26.5. The van der Waals surface area contributed by atoms with Crippen molar-refractivity contribution in [2.75, 3.05) is 19.0 Å². The second-order valence-electron chi connectivity index (χ2n) is 11.5. The summed E-state index contributed by atoms with van der Waals surface area (Å²) in [6.45, 7) is 0. The van der Waals surface area contributed by atoms with Crippen molar-refractivity contribution in [1.29, 1.82) is 0 Å². The minimum absolute atomic E-state index is 0.311. The Morgan fingerprint density at radius 3 is 1.08 bits per heavy atom. The van der Waals surface area contributed by atoms with E-state index in [-0.39, 0.29) is 0 Å². The van der Waals surface area contributed by atoms with Gasteiger partial charge < -0.3 is 4.90 Å². The molecule has 0 unspecified atom stereocenters. The van der Waals surface area contributed by atoms with Gasteiger partial charge in [0.15, 0.2) is 0 Å². The van der Waals surface area contributed by atoms with Crippen LogP contribution < -0.4 is 4.90 Å². The lowest BCUT2D eigenvalue weighted by Gasteiger charge is -2.16. The maximum Gasteiger partial charge on any atom is 0.416 e. The lowest BCUT2D eigenvalue weighted by atomic mass is 10.1. The third-order valence-corrected chi connectivity index (χ3v) is 8.11. The minimum Gasteiger partial charge on any atom is -0.377 e. The second-order valence-corrected chi connectivity index (χ2v) is 11.5. The van der Waals surface area contributed by atoms with Gasteiger partial charge in [-0.1, -0.05) is 72.8 Å². The highest BCUT2D eigenvalue weighted by atomic mass is 19.4. The summed E-state index contributed by atoms with van der Waals surface area (Å²) in [7, 11) is 4.04. The van der Waals surface area contributed by atoms with Crippen molar-refractivity contribution in [3.05, 3.63) is 139 Å². The van der Waals surface area contributed by atoms with Gasteiger partial charge in [-0.2, -0.15) is 18.3 Å². The number of nitrogens with zero attached hydrogens (tertiary/aromatic N) is 7. The average Bonchev–Trinajstić information content (AvgIpc) is 3.12. The first-order valence-electron chi connectivity index (χ1n) is 15.4. The fraction of sp³-hybridized carbons (Fsp3) is 0.0769. The molecule has 0 fully saturated rings. The number of alkyl halides is 3. The summed E-state index contributed by atoms with van der Waals surface area (Å²) in [6, 6.07) is 39.5. The van der Waals surface area contributed by atoms with Crippen molar-refractivity contribution < 1.29 is 13.2 Å². The summed E-state index contributed by atoms with van der Waals surface area (Å²) >= 11 is 0. The molecule has 0 aromatic heterocycles. The molecule has 0 saturated heterocycles. The lowest BCUT2D eigenvalue weighted by Crippen LogP contribution is -2.08. The Hall–Kier alpha value is -6.29. The van der Waals surface area contributed by atoms with Gasteiger partial charge in [-0.05, 0) is 60.7 Å². The number of fused-ring (bicyclic) bond motifs is 3. The fourth-order valence-corrected chi connectivity index (χ4v) is 5.67. The number of hydrogen-bond acceptors (Lipinski definition) is 7. The van der Waals surface area contributed by atoms with Crippen LogP contribution in [0, 0.1) is 0 Å². The molecule has 0 atom stereocenters. The summed E-state index contributed by atoms with van der Waals surface area (Å²) in [5.74, 6) is 0. The van der Waals surface area contributed by atoms with Gasteiger partial charge in [0.2, 0.25) is 0 Å². The number of rotatable bonds is 7. The van der Waals surface area contributed by atoms with Crippen LogP contribution in [0.1, 0.15) is 5.56 Å². The molecule has 7 aromatic carbocycles. The van der Waals surface area contributed by atoms with Crippen LogP contribution in [0.5, 0.6) is 0 Å². The van der Waals surface area contributed by atoms with Crippen LogP contribution >= 0.6 is 0 Å². The van der Waals surface area contributed by atoms with E-state index in [2.05, 4.69) is 53.8 Å². The molecular formula is C39H28F3N7. The molecule has 0 saturated carbocycles. The largest absolute Gasteiger partial charge is 0.416 e. The lowest BCUT2D eigenvalue weighted by molar-refractivity contribution is -0.137. The molecule has 0 N–H and O–H groups in total. The molecule has 0 amide bonds. The molecule has 0 aliphatic carbocycles. The maximum absolute atomic E-state index is 12.9. The first-order valence-corrected chi connectivity index (χ1v) is 15.4. The van der Waals surface area contributed by atoms with Crippen LogP contribution in [0.25, 0.3) is 32.3 Å². The second kappa shape index (κ2) is 13.1. The number of hydrogen-bond donors (Lipinski definition) is 0. The van der Waals surface area contributed by atoms with Gasteiger partial charge in [0.05, 0.1) is 39.7 Å². The van der Waals surface area contributed by atoms with Gasteiger partial charge >= 0.3 is 6.18 Å². The first kappa shape index (κ1) is 31.3. The molecule has 10 heteroatoms. The van der Waals surface area contributed by atoms with Crippen molar-refractivity contribution >= 4 is 72.1 Å². The highest BCUT2D eigenvalue weighted by molar-refractivity contribution is 6.02. The number of anilines is 1. The van der Waals surface area contributed by atoms with E-state index in [4.69, 9.17) is 0 Å². The first-order chi connectivity index (χ1) is 23.8. The molecule has 0 heterocycles. The molecular weight excluding hydrogens is 623 g/mol. The number of azo groups is 3. The minimum atomic E-state index is -4.41. The standard InChI is InChI=1S/C39H28F3N7/c1-49(2)38-24-23-37(31-13-7-8-14-32(31)38)48-47-36-22-21-35(29-11-5-6-12-30(29)36)46-45-34-20-19-33(27-9-3-4-10-28(27)34)44-43-26-17-15-25(16-18-26)39(40,41)42/h3-24H,1-2H3/b44-43+,46-45+,48-47+. The Morgan fingerprint density at radius 1 is 0.388 bits per heavy atom. The summed E-state index contributed by atoms with van der Waals surface area (Å²) in [5.41, 5.74) is 4.03. The van der Waals surface area contributed by atoms with Crippen LogP contribution in [-0.2, 0) is 6.18 Å². The van der Waals surface area contributed by atoms with Crippen molar-refractivity contribution in [1.82, 2.24) is 0 Å². The molecule has 0 radical (unpaired) electrons. The van der Waals surface area contributed by atoms with Crippen LogP contribution in [0.4, 0.5) is 53.0 Å². The van der Waals surface area contributed by atoms with Gasteiger partial charge in [0.25, 0.3) is 0 Å². The molecule has 7 aromatic rings. The summed E-state index contributed by atoms with van der Waals surface area (Å²) in [6.07, 6.45) is -4.41. The Balaban J connectivity index is 1.19. The molecule has 0 spiro atoms. The van der Waals surface area contributed by atoms with E-state index in [1.54, 1.807) is 12.1 Å². The highest BCUT2D eigenvalue weighted by Gasteiger charge is 2.29. The van der Waals surface area contributed by atoms with Crippen molar-refractivity contribution in [2.24, 2.45) is 30.7 Å². The molecule has 240 valence electrons. The Morgan fingerprint density at radius 2 is 0.714 bits per heavy atom. The van der Waals surface area contributed by atoms with Gasteiger partial charge in [0, 0.05) is 52.1 Å². The van der Waals surface area contributed by atoms with E-state index < -0.39 is 11.7 Å². The molecule has 49 heavy (non-hydrogen) atoms. The van der Waals surface area contributed by atoms with E-state index >= 15 is 0 Å². The predicted octanol–water partition coefficient (Wildman–Crippen LogP) is 13.5. The van der Waals surface area contributed by atoms with Crippen LogP contribution in [0.3, 0.4) is 0 Å². The Labute approximate surface area is 279 Å². The molecule has 0 aliphatic rings. The monoisotopic (exact) mass is 651 g/mol. The topological polar surface area (TPSA) is 77.4 Å². The van der Waals surface area contributed by atoms with Crippen molar-refractivity contribution in [2.45, 2.75) is 6.18 Å². The third-order valence-electron chi connectivity index (χ3n) is 8.11. The van der Waals surface area contributed by atoms with E-state index in [0.717, 1.165) is 55.8 Å². The summed E-state index contributed by atoms with van der Waals surface area (Å²) in [4.78, 5) is 2.08. The third kappa shape index (κ3) is 6.48. The van der Waals surface area contributed by atoms with Gasteiger partial charge in [0.1, 0.15) is 0 Å². The normalized spacial score (nSPS) is 12.3. The Bertz CT molecular complexity index is 2410. The van der Waals surface area contributed by atoms with E-state index in [0.29, 0.717) is 28.4 Å². The Kier molecular flexibility index (Phi) is 8.36. The van der Waals surface area contributed by atoms with Gasteiger partial charge in [-0.15, -0.1) is 25.6 Å². The summed E-state index contributed by atoms with van der Waals surface area (Å²) in [5, 5.41) is 32.5. The summed E-state index contributed by atoms with van der Waals surface area (Å²) < 4.78 is 38.8. The number of benzene rings is 7. The molecule has 7 rings (SSSR count). The molecule has 0 aliphatic heterocycles. The predicted molar refractivity (Wildman–Crippen MR) is 190 cm³/mol. The van der Waals surface area contributed by atoms with E-state index in [9.17, 15) is 13.2 Å². The van der Waals surface area contributed by atoms with Crippen LogP contribution in [0.2, 0.25) is 0 Å². The van der Waals surface area contributed by atoms with E-state index in [1.807, 2.05) is 93.0 Å². The fourth-order valence-electron chi connectivity index (χ4n) is 5.67. The number of halogens is 3. The highest BCUT2D eigenvalue weighted by Crippen LogP contribution is 2.39. The van der Waals surface area contributed by atoms with Gasteiger partial charge in [-0.3, -0.25) is 0 Å². The SMILES string of the molecule is CN(C)c1ccc(/N=N/c2ccc(/N=N/c3ccc(/N=N/c4ccc(C(F)(F)F)cc4)c4ccccc34)c3ccccc23)c2ccccc12. The van der Waals surface area contributed by atoms with Crippen molar-refractivity contribution in [3.63, 3.8) is 0 Å². The maximum atomic E-state index is 12.9. The van der Waals surface area contributed by atoms with Crippen LogP contribution in [0.15, 0.2) is 164 Å². The average molecular weight is 652 g/mol. The molecule has 0 bridgehead atoms. The van der Waals surface area contributed by atoms with Crippen molar-refractivity contribution in [3.8, 4) is 0 Å². The quantitative estimate of drug-likeness (QED) is 0.158. The zero-order chi connectivity index (χ0) is 34.0. The van der Waals surface area contributed by atoms with E-state index in [1.165, 1.54) is 12.1 Å². The smallest absolute Gasteiger partial charge is 0.377 e. The van der Waals surface area contributed by atoms with Gasteiger partial charge in [-0.25, -0.2) is 0 Å². The molecule has 7 nitrogen and oxygen atoms in total. The zero-order valence-electron chi connectivity index (χ0n) is 26.5. The van der Waals surface area contributed by atoms with Crippen LogP contribution in [-0.4, -0.2) is 14.1 Å².